The van der Waals surface area contributed by atoms with Crippen LogP contribution < -0.4 is 19.1 Å². The third-order valence-electron chi connectivity index (χ3n) is 4.56. The molecular formula is C21H28N2O5S. The molecule has 2 aromatic rings. The van der Waals surface area contributed by atoms with Gasteiger partial charge in [0, 0.05) is 0 Å². The second kappa shape index (κ2) is 9.65. The lowest BCUT2D eigenvalue weighted by molar-refractivity contribution is -0.121. The fourth-order valence-corrected chi connectivity index (χ4v) is 4.06. The van der Waals surface area contributed by atoms with Crippen LogP contribution in [0.2, 0.25) is 0 Å². The van der Waals surface area contributed by atoms with Crippen LogP contribution in [-0.4, -0.2) is 46.9 Å². The van der Waals surface area contributed by atoms with Crippen molar-refractivity contribution in [2.75, 3.05) is 30.8 Å². The summed E-state index contributed by atoms with van der Waals surface area (Å²) in [5.41, 5.74) is 2.46. The van der Waals surface area contributed by atoms with E-state index in [4.69, 9.17) is 9.47 Å². The molecule has 7 nitrogen and oxygen atoms in total. The fraction of sp³-hybridized carbons (Fsp3) is 0.381. The van der Waals surface area contributed by atoms with Gasteiger partial charge in [-0.05, 0) is 56.2 Å². The van der Waals surface area contributed by atoms with E-state index in [2.05, 4.69) is 5.32 Å². The summed E-state index contributed by atoms with van der Waals surface area (Å²) in [6.07, 6.45) is 1.09. The maximum absolute atomic E-state index is 12.6. The van der Waals surface area contributed by atoms with Crippen molar-refractivity contribution >= 4 is 21.6 Å². The number of methoxy groups -OCH3 is 1. The summed E-state index contributed by atoms with van der Waals surface area (Å²) in [5, 5.41) is 2.73. The average molecular weight is 421 g/mol. The Labute approximate surface area is 172 Å². The van der Waals surface area contributed by atoms with E-state index >= 15 is 0 Å². The lowest BCUT2D eigenvalue weighted by atomic mass is 10.1. The fourth-order valence-electron chi connectivity index (χ4n) is 2.89. The Bertz CT molecular complexity index is 959. The Morgan fingerprint density at radius 1 is 1.10 bits per heavy atom. The summed E-state index contributed by atoms with van der Waals surface area (Å²) in [5.74, 6) is 0.771. The number of nitrogens with zero attached hydrogens (tertiary/aromatic N) is 1. The zero-order valence-corrected chi connectivity index (χ0v) is 18.2. The molecule has 1 amide bonds. The van der Waals surface area contributed by atoms with E-state index in [9.17, 15) is 13.2 Å². The number of hydrogen-bond donors (Lipinski definition) is 1. The molecule has 0 heterocycles. The number of sulfonamides is 1. The molecular weight excluding hydrogens is 392 g/mol. The number of hydrogen-bond acceptors (Lipinski definition) is 5. The molecule has 158 valence electrons. The van der Waals surface area contributed by atoms with E-state index in [1.54, 1.807) is 38.3 Å². The standard InChI is InChI=1S/C21H28N2O5S/c1-15-10-11-18(14-16(15)2)23(29(5,25)26)17(3)21(24)22-12-13-28-20-9-7-6-8-19(20)27-4/h6-11,14,17H,12-13H2,1-5H3,(H,22,24)/t17-/m1/s1. The molecule has 8 heteroatoms. The smallest absolute Gasteiger partial charge is 0.243 e. The molecule has 2 rings (SSSR count). The summed E-state index contributed by atoms with van der Waals surface area (Å²) < 4.78 is 36.7. The molecule has 1 N–H and O–H groups in total. The zero-order chi connectivity index (χ0) is 21.6. The summed E-state index contributed by atoms with van der Waals surface area (Å²) in [6, 6.07) is 11.6. The van der Waals surface area contributed by atoms with Crippen molar-refractivity contribution in [1.29, 1.82) is 0 Å². The van der Waals surface area contributed by atoms with Gasteiger partial charge in [-0.2, -0.15) is 0 Å². The lowest BCUT2D eigenvalue weighted by Crippen LogP contribution is -2.48. The highest BCUT2D eigenvalue weighted by atomic mass is 32.2. The first-order valence-corrected chi connectivity index (χ1v) is 11.1. The normalized spacial score (nSPS) is 12.2. The third-order valence-corrected chi connectivity index (χ3v) is 5.80. The zero-order valence-electron chi connectivity index (χ0n) is 17.4. The van der Waals surface area contributed by atoms with Gasteiger partial charge in [0.2, 0.25) is 15.9 Å². The molecule has 0 unspecified atom stereocenters. The Kier molecular flexibility index (Phi) is 7.50. The molecule has 29 heavy (non-hydrogen) atoms. The maximum atomic E-state index is 12.6. The van der Waals surface area contributed by atoms with Crippen LogP contribution in [0.4, 0.5) is 5.69 Å². The largest absolute Gasteiger partial charge is 0.493 e. The minimum absolute atomic E-state index is 0.224. The number of nitrogens with one attached hydrogen (secondary N) is 1. The highest BCUT2D eigenvalue weighted by Crippen LogP contribution is 2.26. The molecule has 0 spiro atoms. The highest BCUT2D eigenvalue weighted by molar-refractivity contribution is 7.92. The first-order chi connectivity index (χ1) is 13.6. The van der Waals surface area contributed by atoms with E-state index in [1.807, 2.05) is 32.0 Å². The lowest BCUT2D eigenvalue weighted by Gasteiger charge is -2.28. The number of aryl methyl sites for hydroxylation is 2. The van der Waals surface area contributed by atoms with Gasteiger partial charge in [0.1, 0.15) is 12.6 Å². The predicted molar refractivity (Wildman–Crippen MR) is 114 cm³/mol. The van der Waals surface area contributed by atoms with Crippen molar-refractivity contribution in [1.82, 2.24) is 5.32 Å². The van der Waals surface area contributed by atoms with Crippen LogP contribution >= 0.6 is 0 Å². The SMILES string of the molecule is COc1ccccc1OCCNC(=O)[C@@H](C)N(c1ccc(C)c(C)c1)S(C)(=O)=O. The van der Waals surface area contributed by atoms with Crippen molar-refractivity contribution < 1.29 is 22.7 Å². The van der Waals surface area contributed by atoms with Gasteiger partial charge in [0.15, 0.2) is 11.5 Å². The summed E-state index contributed by atoms with van der Waals surface area (Å²) in [7, 11) is -2.10. The molecule has 0 aromatic heterocycles. The molecule has 0 fully saturated rings. The Hall–Kier alpha value is -2.74. The van der Waals surface area contributed by atoms with E-state index in [1.165, 1.54) is 0 Å². The van der Waals surface area contributed by atoms with Crippen LogP contribution in [0.15, 0.2) is 42.5 Å². The molecule has 0 saturated carbocycles. The molecule has 0 aliphatic rings. The van der Waals surface area contributed by atoms with Gasteiger partial charge < -0.3 is 14.8 Å². The van der Waals surface area contributed by atoms with Crippen molar-refractivity contribution in [3.8, 4) is 11.5 Å². The third kappa shape index (κ3) is 5.87. The molecule has 0 saturated heterocycles. The van der Waals surface area contributed by atoms with Crippen LogP contribution in [0.5, 0.6) is 11.5 Å². The van der Waals surface area contributed by atoms with E-state index in [-0.39, 0.29) is 13.2 Å². The number of rotatable bonds is 9. The quantitative estimate of drug-likeness (QED) is 0.631. The number of ether oxygens (including phenoxy) is 2. The molecule has 0 radical (unpaired) electrons. The summed E-state index contributed by atoms with van der Waals surface area (Å²) in [4.78, 5) is 12.6. The van der Waals surface area contributed by atoms with Crippen LogP contribution in [0.25, 0.3) is 0 Å². The van der Waals surface area contributed by atoms with Crippen molar-refractivity contribution in [2.45, 2.75) is 26.8 Å². The second-order valence-corrected chi connectivity index (χ2v) is 8.65. The summed E-state index contributed by atoms with van der Waals surface area (Å²) in [6.45, 7) is 5.86. The minimum atomic E-state index is -3.65. The van der Waals surface area contributed by atoms with Crippen LogP contribution in [-0.2, 0) is 14.8 Å². The van der Waals surface area contributed by atoms with Crippen molar-refractivity contribution in [3.63, 3.8) is 0 Å². The van der Waals surface area contributed by atoms with Gasteiger partial charge in [-0.1, -0.05) is 18.2 Å². The highest BCUT2D eigenvalue weighted by Gasteiger charge is 2.29. The maximum Gasteiger partial charge on any atom is 0.243 e. The van der Waals surface area contributed by atoms with Crippen LogP contribution in [0.3, 0.4) is 0 Å². The number of carbonyl (C=O) groups excluding carboxylic acids is 1. The Morgan fingerprint density at radius 3 is 2.34 bits per heavy atom. The van der Waals surface area contributed by atoms with Gasteiger partial charge in [0.05, 0.1) is 25.6 Å². The second-order valence-electron chi connectivity index (χ2n) is 6.79. The molecule has 0 bridgehead atoms. The number of carbonyl (C=O) groups is 1. The molecule has 1 atom stereocenters. The average Bonchev–Trinajstić information content (AvgIpc) is 2.67. The van der Waals surface area contributed by atoms with Gasteiger partial charge >= 0.3 is 0 Å². The first kappa shape index (κ1) is 22.5. The minimum Gasteiger partial charge on any atom is -0.493 e. The number of para-hydroxylation sites is 2. The number of amides is 1. The summed E-state index contributed by atoms with van der Waals surface area (Å²) >= 11 is 0. The first-order valence-electron chi connectivity index (χ1n) is 9.25. The van der Waals surface area contributed by atoms with Crippen LogP contribution in [0, 0.1) is 13.8 Å². The van der Waals surface area contributed by atoms with Gasteiger partial charge in [-0.3, -0.25) is 9.10 Å². The Morgan fingerprint density at radius 2 is 1.76 bits per heavy atom. The van der Waals surface area contributed by atoms with E-state index in [0.717, 1.165) is 21.7 Å². The van der Waals surface area contributed by atoms with Crippen molar-refractivity contribution in [2.24, 2.45) is 0 Å². The van der Waals surface area contributed by atoms with E-state index in [0.29, 0.717) is 17.2 Å². The molecule has 0 aliphatic heterocycles. The van der Waals surface area contributed by atoms with Crippen molar-refractivity contribution in [3.05, 3.63) is 53.6 Å². The van der Waals surface area contributed by atoms with Gasteiger partial charge in [-0.25, -0.2) is 8.42 Å². The number of benzene rings is 2. The molecule has 0 aliphatic carbocycles. The van der Waals surface area contributed by atoms with Gasteiger partial charge in [0.25, 0.3) is 0 Å². The molecule has 2 aromatic carbocycles. The topological polar surface area (TPSA) is 84.9 Å². The Balaban J connectivity index is 2.03. The van der Waals surface area contributed by atoms with Crippen LogP contribution in [0.1, 0.15) is 18.1 Å². The van der Waals surface area contributed by atoms with E-state index < -0.39 is 22.0 Å². The van der Waals surface area contributed by atoms with Gasteiger partial charge in [-0.15, -0.1) is 0 Å². The monoisotopic (exact) mass is 420 g/mol. The number of anilines is 1. The predicted octanol–water partition coefficient (Wildman–Crippen LogP) is 2.66.